The molecule has 0 aliphatic heterocycles. The molecular formula is C12H9F6NO3. The minimum absolute atomic E-state index is 0.150. The second-order valence-electron chi connectivity index (χ2n) is 3.95. The molecule has 22 heavy (non-hydrogen) atoms. The van der Waals surface area contributed by atoms with E-state index in [4.69, 9.17) is 0 Å². The van der Waals surface area contributed by atoms with Crippen LogP contribution in [0.25, 0.3) is 0 Å². The Morgan fingerprint density at radius 2 is 1.77 bits per heavy atom. The maximum atomic E-state index is 12.3. The van der Waals surface area contributed by atoms with Gasteiger partial charge in [-0.05, 0) is 12.1 Å². The molecule has 0 aromatic carbocycles. The van der Waals surface area contributed by atoms with Gasteiger partial charge in [-0.3, -0.25) is 9.59 Å². The predicted octanol–water partition coefficient (Wildman–Crippen LogP) is 2.89. The third-order valence-corrected chi connectivity index (χ3v) is 2.36. The Balaban J connectivity index is 2.54. The van der Waals surface area contributed by atoms with E-state index in [-0.39, 0.29) is 19.2 Å². The van der Waals surface area contributed by atoms with Crippen LogP contribution >= 0.6 is 0 Å². The SMILES string of the molecule is O=C(/C=C/OCCn1cccc1C(=O)C(F)(F)F)C(F)(F)F. The summed E-state index contributed by atoms with van der Waals surface area (Å²) in [4.78, 5) is 21.5. The van der Waals surface area contributed by atoms with Crippen LogP contribution < -0.4 is 0 Å². The summed E-state index contributed by atoms with van der Waals surface area (Å²) in [6.07, 6.45) is -8.22. The van der Waals surface area contributed by atoms with Gasteiger partial charge in [-0.15, -0.1) is 0 Å². The molecule has 0 radical (unpaired) electrons. The molecule has 122 valence electrons. The van der Waals surface area contributed by atoms with Crippen molar-refractivity contribution in [1.82, 2.24) is 4.57 Å². The molecule has 1 rings (SSSR count). The number of alkyl halides is 6. The van der Waals surface area contributed by atoms with Crippen LogP contribution in [0, 0.1) is 0 Å². The van der Waals surface area contributed by atoms with Crippen LogP contribution in [0.4, 0.5) is 26.3 Å². The smallest absolute Gasteiger partial charge is 0.456 e. The van der Waals surface area contributed by atoms with E-state index in [2.05, 4.69) is 4.74 Å². The van der Waals surface area contributed by atoms with Gasteiger partial charge in [-0.2, -0.15) is 26.3 Å². The standard InChI is InChI=1S/C12H9F6NO3/c13-11(14,15)9(20)3-6-22-7-5-19-4-1-2-8(19)10(21)12(16,17)18/h1-4,6H,5,7H2/b6-3+. The minimum atomic E-state index is -5.03. The van der Waals surface area contributed by atoms with Crippen molar-refractivity contribution in [2.45, 2.75) is 18.9 Å². The van der Waals surface area contributed by atoms with Gasteiger partial charge in [0.1, 0.15) is 6.61 Å². The highest BCUT2D eigenvalue weighted by Gasteiger charge is 2.40. The molecular weight excluding hydrogens is 320 g/mol. The number of carbonyl (C=O) groups is 2. The Bertz CT molecular complexity index is 570. The Morgan fingerprint density at radius 1 is 1.14 bits per heavy atom. The van der Waals surface area contributed by atoms with Crippen molar-refractivity contribution in [2.75, 3.05) is 6.61 Å². The van der Waals surface area contributed by atoms with Crippen LogP contribution in [0.2, 0.25) is 0 Å². The minimum Gasteiger partial charge on any atom is -0.499 e. The molecule has 0 aliphatic rings. The molecule has 0 saturated carbocycles. The van der Waals surface area contributed by atoms with Crippen molar-refractivity contribution >= 4 is 11.6 Å². The zero-order valence-corrected chi connectivity index (χ0v) is 10.7. The summed E-state index contributed by atoms with van der Waals surface area (Å²) in [6.45, 7) is -0.539. The summed E-state index contributed by atoms with van der Waals surface area (Å²) in [7, 11) is 0. The molecule has 0 unspecified atom stereocenters. The normalized spacial score (nSPS) is 12.6. The summed E-state index contributed by atoms with van der Waals surface area (Å²) >= 11 is 0. The van der Waals surface area contributed by atoms with Gasteiger partial charge < -0.3 is 9.30 Å². The van der Waals surface area contributed by atoms with Crippen LogP contribution in [-0.2, 0) is 16.1 Å². The molecule has 0 atom stereocenters. The maximum Gasteiger partial charge on any atom is 0.456 e. The number of hydrogen-bond donors (Lipinski definition) is 0. The van der Waals surface area contributed by atoms with Crippen molar-refractivity contribution in [3.8, 4) is 0 Å². The Morgan fingerprint density at radius 3 is 2.32 bits per heavy atom. The number of hydrogen-bond acceptors (Lipinski definition) is 3. The molecule has 0 saturated heterocycles. The zero-order valence-electron chi connectivity index (χ0n) is 10.7. The summed E-state index contributed by atoms with van der Waals surface area (Å²) in [6, 6.07) is 2.17. The number of halogens is 6. The molecule has 0 spiro atoms. The average molecular weight is 329 g/mol. The van der Waals surface area contributed by atoms with Crippen molar-refractivity contribution in [2.24, 2.45) is 0 Å². The molecule has 1 heterocycles. The molecule has 4 nitrogen and oxygen atoms in total. The maximum absolute atomic E-state index is 12.3. The predicted molar refractivity (Wildman–Crippen MR) is 61.0 cm³/mol. The van der Waals surface area contributed by atoms with E-state index in [1.165, 1.54) is 12.3 Å². The quantitative estimate of drug-likeness (QED) is 0.265. The van der Waals surface area contributed by atoms with E-state index in [0.29, 0.717) is 6.26 Å². The highest BCUT2D eigenvalue weighted by Crippen LogP contribution is 2.21. The van der Waals surface area contributed by atoms with Gasteiger partial charge in [0, 0.05) is 12.3 Å². The van der Waals surface area contributed by atoms with Crippen LogP contribution in [0.1, 0.15) is 10.5 Å². The number of allylic oxidation sites excluding steroid dienone is 1. The third-order valence-electron chi connectivity index (χ3n) is 2.36. The first kappa shape index (κ1) is 17.8. The number of aromatic nitrogens is 1. The van der Waals surface area contributed by atoms with E-state index in [0.717, 1.165) is 10.6 Å². The van der Waals surface area contributed by atoms with Crippen LogP contribution in [0.3, 0.4) is 0 Å². The number of ether oxygens (including phenoxy) is 1. The fourth-order valence-electron chi connectivity index (χ4n) is 1.38. The van der Waals surface area contributed by atoms with E-state index < -0.39 is 29.6 Å². The topological polar surface area (TPSA) is 48.3 Å². The lowest BCUT2D eigenvalue weighted by Crippen LogP contribution is -2.25. The van der Waals surface area contributed by atoms with Crippen molar-refractivity contribution in [3.05, 3.63) is 36.4 Å². The molecule has 0 fully saturated rings. The monoisotopic (exact) mass is 329 g/mol. The number of nitrogens with zero attached hydrogens (tertiary/aromatic N) is 1. The second kappa shape index (κ2) is 6.67. The number of ketones is 2. The van der Waals surface area contributed by atoms with Gasteiger partial charge in [-0.1, -0.05) is 0 Å². The largest absolute Gasteiger partial charge is 0.499 e. The van der Waals surface area contributed by atoms with Crippen molar-refractivity contribution in [3.63, 3.8) is 0 Å². The Kier molecular flexibility index (Phi) is 5.39. The Hall–Kier alpha value is -2.26. The summed E-state index contributed by atoms with van der Waals surface area (Å²) in [5.74, 6) is -4.17. The first-order valence-corrected chi connectivity index (χ1v) is 5.69. The van der Waals surface area contributed by atoms with Gasteiger partial charge >= 0.3 is 12.4 Å². The molecule has 1 aromatic rings. The third kappa shape index (κ3) is 4.93. The Labute approximate surface area is 120 Å². The van der Waals surface area contributed by atoms with E-state index in [1.54, 1.807) is 0 Å². The average Bonchev–Trinajstić information content (AvgIpc) is 2.83. The highest BCUT2D eigenvalue weighted by molar-refractivity contribution is 5.99. The fraction of sp³-hybridized carbons (Fsp3) is 0.333. The molecule has 1 aromatic heterocycles. The van der Waals surface area contributed by atoms with Gasteiger partial charge in [0.25, 0.3) is 11.6 Å². The fourth-order valence-corrected chi connectivity index (χ4v) is 1.38. The molecule has 0 N–H and O–H groups in total. The zero-order chi connectivity index (χ0) is 17.0. The lowest BCUT2D eigenvalue weighted by Gasteiger charge is -2.10. The van der Waals surface area contributed by atoms with E-state index >= 15 is 0 Å². The number of Topliss-reactive ketones (excluding diaryl/α,β-unsaturated/α-hetero) is 1. The lowest BCUT2D eigenvalue weighted by atomic mass is 10.3. The van der Waals surface area contributed by atoms with Crippen molar-refractivity contribution in [1.29, 1.82) is 0 Å². The van der Waals surface area contributed by atoms with Gasteiger partial charge in [-0.25, -0.2) is 0 Å². The molecule has 0 bridgehead atoms. The summed E-state index contributed by atoms with van der Waals surface area (Å²) in [5, 5.41) is 0. The number of carbonyl (C=O) groups excluding carboxylic acids is 2. The van der Waals surface area contributed by atoms with Gasteiger partial charge in [0.15, 0.2) is 0 Å². The molecule has 0 aliphatic carbocycles. The first-order chi connectivity index (χ1) is 10.0. The highest BCUT2D eigenvalue weighted by atomic mass is 19.4. The van der Waals surface area contributed by atoms with Crippen LogP contribution in [0.15, 0.2) is 30.7 Å². The lowest BCUT2D eigenvalue weighted by molar-refractivity contribution is -0.165. The van der Waals surface area contributed by atoms with Crippen LogP contribution in [0.5, 0.6) is 0 Å². The second-order valence-corrected chi connectivity index (χ2v) is 3.95. The van der Waals surface area contributed by atoms with E-state index in [1.807, 2.05) is 0 Å². The molecule has 10 heteroatoms. The van der Waals surface area contributed by atoms with Crippen molar-refractivity contribution < 1.29 is 40.7 Å². The first-order valence-electron chi connectivity index (χ1n) is 5.69. The molecule has 0 amide bonds. The van der Waals surface area contributed by atoms with Gasteiger partial charge in [0.2, 0.25) is 0 Å². The van der Waals surface area contributed by atoms with E-state index in [9.17, 15) is 35.9 Å². The summed E-state index contributed by atoms with van der Waals surface area (Å²) in [5.41, 5.74) is -0.619. The van der Waals surface area contributed by atoms with Crippen LogP contribution in [-0.4, -0.2) is 35.1 Å². The summed E-state index contributed by atoms with van der Waals surface area (Å²) < 4.78 is 77.9. The van der Waals surface area contributed by atoms with Gasteiger partial charge in [0.05, 0.1) is 18.5 Å². The number of rotatable bonds is 6.